The SMILES string of the molecule is COc1cccc(C(=O)N2CCCC(c3nccn3CCN(C)C)C2)c1C. The van der Waals surface area contributed by atoms with Crippen LogP contribution in [0.15, 0.2) is 30.6 Å². The van der Waals surface area contributed by atoms with E-state index in [1.165, 1.54) is 0 Å². The minimum atomic E-state index is 0.0856. The summed E-state index contributed by atoms with van der Waals surface area (Å²) >= 11 is 0. The molecule has 1 amide bonds. The van der Waals surface area contributed by atoms with Crippen LogP contribution in [0.4, 0.5) is 0 Å². The molecule has 0 N–H and O–H groups in total. The van der Waals surface area contributed by atoms with Crippen molar-refractivity contribution in [3.05, 3.63) is 47.5 Å². The average molecular weight is 370 g/mol. The molecule has 0 saturated carbocycles. The Labute approximate surface area is 161 Å². The van der Waals surface area contributed by atoms with Crippen molar-refractivity contribution in [2.75, 3.05) is 40.8 Å². The fraction of sp³-hybridized carbons (Fsp3) is 0.524. The molecule has 1 saturated heterocycles. The topological polar surface area (TPSA) is 50.6 Å². The van der Waals surface area contributed by atoms with Crippen molar-refractivity contribution in [3.8, 4) is 5.75 Å². The molecule has 2 aromatic rings. The van der Waals surface area contributed by atoms with Gasteiger partial charge in [0.05, 0.1) is 7.11 Å². The Balaban J connectivity index is 1.75. The van der Waals surface area contributed by atoms with E-state index in [1.807, 2.05) is 42.4 Å². The molecule has 0 spiro atoms. The number of hydrogen-bond donors (Lipinski definition) is 0. The third-order valence-corrected chi connectivity index (χ3v) is 5.34. The Morgan fingerprint density at radius 3 is 2.93 bits per heavy atom. The lowest BCUT2D eigenvalue weighted by Crippen LogP contribution is -2.40. The van der Waals surface area contributed by atoms with Crippen LogP contribution in [0.3, 0.4) is 0 Å². The normalized spacial score (nSPS) is 17.4. The molecule has 1 atom stereocenters. The first-order valence-corrected chi connectivity index (χ1v) is 9.60. The lowest BCUT2D eigenvalue weighted by Gasteiger charge is -2.33. The number of likely N-dealkylation sites (N-methyl/N-ethyl adjacent to an activating group) is 1. The molecule has 6 heteroatoms. The number of ether oxygens (including phenoxy) is 1. The predicted octanol–water partition coefficient (Wildman–Crippen LogP) is 2.78. The van der Waals surface area contributed by atoms with Gasteiger partial charge < -0.3 is 19.1 Å². The third kappa shape index (κ3) is 4.33. The van der Waals surface area contributed by atoms with Crippen molar-refractivity contribution in [1.82, 2.24) is 19.4 Å². The molecular weight excluding hydrogens is 340 g/mol. The molecular formula is C21H30N4O2. The molecule has 0 radical (unpaired) electrons. The van der Waals surface area contributed by atoms with Gasteiger partial charge in [0.25, 0.3) is 5.91 Å². The summed E-state index contributed by atoms with van der Waals surface area (Å²) < 4.78 is 7.61. The largest absolute Gasteiger partial charge is 0.496 e. The van der Waals surface area contributed by atoms with Crippen molar-refractivity contribution in [3.63, 3.8) is 0 Å². The number of carbonyl (C=O) groups is 1. The van der Waals surface area contributed by atoms with Crippen LogP contribution < -0.4 is 4.74 Å². The summed E-state index contributed by atoms with van der Waals surface area (Å²) in [5.74, 6) is 2.22. The first-order chi connectivity index (χ1) is 13.0. The number of methoxy groups -OCH3 is 1. The van der Waals surface area contributed by atoms with E-state index in [1.54, 1.807) is 7.11 Å². The van der Waals surface area contributed by atoms with Gasteiger partial charge in [0.15, 0.2) is 0 Å². The molecule has 1 aromatic heterocycles. The van der Waals surface area contributed by atoms with Gasteiger partial charge in [-0.2, -0.15) is 0 Å². The quantitative estimate of drug-likeness (QED) is 0.785. The maximum absolute atomic E-state index is 13.1. The average Bonchev–Trinajstić information content (AvgIpc) is 3.15. The first-order valence-electron chi connectivity index (χ1n) is 9.60. The van der Waals surface area contributed by atoms with Crippen LogP contribution in [0.25, 0.3) is 0 Å². The summed E-state index contributed by atoms with van der Waals surface area (Å²) in [6.45, 7) is 5.35. The van der Waals surface area contributed by atoms with Gasteiger partial charge in [0, 0.05) is 55.6 Å². The fourth-order valence-electron chi connectivity index (χ4n) is 3.79. The van der Waals surface area contributed by atoms with E-state index in [4.69, 9.17) is 4.74 Å². The van der Waals surface area contributed by atoms with Gasteiger partial charge in [-0.05, 0) is 46.0 Å². The van der Waals surface area contributed by atoms with Crippen molar-refractivity contribution in [1.29, 1.82) is 0 Å². The highest BCUT2D eigenvalue weighted by molar-refractivity contribution is 5.96. The minimum absolute atomic E-state index is 0.0856. The summed E-state index contributed by atoms with van der Waals surface area (Å²) in [4.78, 5) is 21.9. The highest BCUT2D eigenvalue weighted by atomic mass is 16.5. The number of benzene rings is 1. The van der Waals surface area contributed by atoms with Gasteiger partial charge in [-0.15, -0.1) is 0 Å². The van der Waals surface area contributed by atoms with E-state index < -0.39 is 0 Å². The van der Waals surface area contributed by atoms with Crippen LogP contribution >= 0.6 is 0 Å². The van der Waals surface area contributed by atoms with E-state index in [9.17, 15) is 4.79 Å². The Morgan fingerprint density at radius 2 is 2.19 bits per heavy atom. The van der Waals surface area contributed by atoms with Crippen molar-refractivity contribution < 1.29 is 9.53 Å². The third-order valence-electron chi connectivity index (χ3n) is 5.34. The second-order valence-corrected chi connectivity index (χ2v) is 7.51. The molecule has 1 aromatic carbocycles. The van der Waals surface area contributed by atoms with E-state index in [0.717, 1.165) is 55.2 Å². The van der Waals surface area contributed by atoms with Crippen molar-refractivity contribution >= 4 is 5.91 Å². The molecule has 27 heavy (non-hydrogen) atoms. The molecule has 6 nitrogen and oxygen atoms in total. The van der Waals surface area contributed by atoms with Crippen LogP contribution in [0.1, 0.15) is 40.5 Å². The van der Waals surface area contributed by atoms with Gasteiger partial charge in [-0.1, -0.05) is 6.07 Å². The van der Waals surface area contributed by atoms with Crippen molar-refractivity contribution in [2.24, 2.45) is 0 Å². The summed E-state index contributed by atoms with van der Waals surface area (Å²) in [6, 6.07) is 5.67. The van der Waals surface area contributed by atoms with E-state index in [-0.39, 0.29) is 11.8 Å². The highest BCUT2D eigenvalue weighted by Gasteiger charge is 2.29. The molecule has 0 aliphatic carbocycles. The number of likely N-dealkylation sites (tertiary alicyclic amines) is 1. The van der Waals surface area contributed by atoms with E-state index in [2.05, 4.69) is 28.5 Å². The second-order valence-electron chi connectivity index (χ2n) is 7.51. The number of carbonyl (C=O) groups excluding carboxylic acids is 1. The maximum atomic E-state index is 13.1. The van der Waals surface area contributed by atoms with Crippen molar-refractivity contribution in [2.45, 2.75) is 32.2 Å². The number of amides is 1. The first kappa shape index (κ1) is 19.4. The fourth-order valence-corrected chi connectivity index (χ4v) is 3.79. The molecule has 1 unspecified atom stereocenters. The zero-order valence-corrected chi connectivity index (χ0v) is 16.8. The van der Waals surface area contributed by atoms with Gasteiger partial charge in [0.2, 0.25) is 0 Å². The second kappa shape index (κ2) is 8.57. The number of piperidine rings is 1. The van der Waals surface area contributed by atoms with Gasteiger partial charge in [0.1, 0.15) is 11.6 Å². The van der Waals surface area contributed by atoms with Crippen LogP contribution in [0.5, 0.6) is 5.75 Å². The van der Waals surface area contributed by atoms with E-state index in [0.29, 0.717) is 6.54 Å². The van der Waals surface area contributed by atoms with Crippen LogP contribution in [0, 0.1) is 6.92 Å². The minimum Gasteiger partial charge on any atom is -0.496 e. The lowest BCUT2D eigenvalue weighted by molar-refractivity contribution is 0.0702. The van der Waals surface area contributed by atoms with E-state index >= 15 is 0 Å². The summed E-state index contributed by atoms with van der Waals surface area (Å²) in [7, 11) is 5.79. The standard InChI is InChI=1S/C21H30N4O2/c1-16-18(8-5-9-19(16)27-4)21(26)25-11-6-7-17(15-25)20-22-10-12-24(20)14-13-23(2)3/h5,8-10,12,17H,6-7,11,13-15H2,1-4H3. The van der Waals surface area contributed by atoms with Crippen LogP contribution in [-0.2, 0) is 6.54 Å². The highest BCUT2D eigenvalue weighted by Crippen LogP contribution is 2.28. The zero-order chi connectivity index (χ0) is 19.4. The molecule has 146 valence electrons. The summed E-state index contributed by atoms with van der Waals surface area (Å²) in [5, 5.41) is 0. The Morgan fingerprint density at radius 1 is 1.37 bits per heavy atom. The molecule has 0 bridgehead atoms. The number of nitrogens with zero attached hydrogens (tertiary/aromatic N) is 4. The summed E-state index contributed by atoms with van der Waals surface area (Å²) in [5.41, 5.74) is 1.63. The molecule has 1 aliphatic rings. The summed E-state index contributed by atoms with van der Waals surface area (Å²) in [6.07, 6.45) is 5.99. The molecule has 2 heterocycles. The Bertz CT molecular complexity index is 784. The number of aromatic nitrogens is 2. The van der Waals surface area contributed by atoms with Gasteiger partial charge in [-0.25, -0.2) is 4.98 Å². The predicted molar refractivity (Wildman–Crippen MR) is 106 cm³/mol. The Kier molecular flexibility index (Phi) is 6.16. The number of rotatable bonds is 6. The lowest BCUT2D eigenvalue weighted by atomic mass is 9.95. The molecule has 1 fully saturated rings. The number of imidazole rings is 1. The van der Waals surface area contributed by atoms with Gasteiger partial charge in [-0.3, -0.25) is 4.79 Å². The maximum Gasteiger partial charge on any atom is 0.254 e. The molecule has 3 rings (SSSR count). The molecule has 1 aliphatic heterocycles. The number of hydrogen-bond acceptors (Lipinski definition) is 4. The zero-order valence-electron chi connectivity index (χ0n) is 16.8. The smallest absolute Gasteiger partial charge is 0.254 e. The monoisotopic (exact) mass is 370 g/mol. The van der Waals surface area contributed by atoms with Crippen LogP contribution in [0.2, 0.25) is 0 Å². The van der Waals surface area contributed by atoms with Gasteiger partial charge >= 0.3 is 0 Å². The van der Waals surface area contributed by atoms with Crippen LogP contribution in [-0.4, -0.2) is 66.1 Å². The Hall–Kier alpha value is -2.34.